The SMILES string of the molecule is CC(C)(C)NC(=O)COc1cccc(-c2nc(Nc3cn[nH]c3)c3cnccc3n2)c1. The molecule has 0 unspecified atom stereocenters. The lowest BCUT2D eigenvalue weighted by atomic mass is 10.1. The molecule has 4 aromatic rings. The van der Waals surface area contributed by atoms with Crippen molar-refractivity contribution in [3.63, 3.8) is 0 Å². The highest BCUT2D eigenvalue weighted by Crippen LogP contribution is 2.28. The summed E-state index contributed by atoms with van der Waals surface area (Å²) in [7, 11) is 0. The van der Waals surface area contributed by atoms with Gasteiger partial charge in [-0.25, -0.2) is 9.97 Å². The highest BCUT2D eigenvalue weighted by Gasteiger charge is 2.15. The fourth-order valence-electron chi connectivity index (χ4n) is 2.98. The van der Waals surface area contributed by atoms with Crippen LogP contribution in [0.4, 0.5) is 11.5 Å². The van der Waals surface area contributed by atoms with E-state index in [1.165, 1.54) is 0 Å². The Balaban J connectivity index is 1.61. The van der Waals surface area contributed by atoms with Gasteiger partial charge in [0.05, 0.1) is 22.8 Å². The predicted octanol–water partition coefficient (Wildman–Crippen LogP) is 3.45. The quantitative estimate of drug-likeness (QED) is 0.440. The van der Waals surface area contributed by atoms with Gasteiger partial charge in [-0.2, -0.15) is 5.10 Å². The summed E-state index contributed by atoms with van der Waals surface area (Å²) in [6, 6.07) is 9.18. The average molecular weight is 417 g/mol. The maximum atomic E-state index is 12.0. The molecule has 0 saturated heterocycles. The molecular weight excluding hydrogens is 394 g/mol. The van der Waals surface area contributed by atoms with Gasteiger partial charge in [0.15, 0.2) is 12.4 Å². The van der Waals surface area contributed by atoms with E-state index in [1.807, 2.05) is 45.0 Å². The lowest BCUT2D eigenvalue weighted by Gasteiger charge is -2.20. The third kappa shape index (κ3) is 5.13. The fourth-order valence-corrected chi connectivity index (χ4v) is 2.98. The number of benzene rings is 1. The van der Waals surface area contributed by atoms with Crippen LogP contribution in [-0.4, -0.2) is 43.2 Å². The minimum absolute atomic E-state index is 0.0712. The number of hydrogen-bond acceptors (Lipinski definition) is 7. The molecule has 31 heavy (non-hydrogen) atoms. The molecule has 0 spiro atoms. The van der Waals surface area contributed by atoms with Crippen molar-refractivity contribution in [2.24, 2.45) is 0 Å². The third-order valence-corrected chi connectivity index (χ3v) is 4.23. The second-order valence-corrected chi connectivity index (χ2v) is 8.02. The summed E-state index contributed by atoms with van der Waals surface area (Å²) in [5.74, 6) is 1.52. The van der Waals surface area contributed by atoms with E-state index >= 15 is 0 Å². The molecule has 158 valence electrons. The Morgan fingerprint density at radius 3 is 2.81 bits per heavy atom. The Labute approximate surface area is 179 Å². The Morgan fingerprint density at radius 2 is 2.03 bits per heavy atom. The number of anilines is 2. The zero-order valence-corrected chi connectivity index (χ0v) is 17.5. The molecule has 0 aliphatic carbocycles. The van der Waals surface area contributed by atoms with Crippen molar-refractivity contribution in [1.82, 2.24) is 30.5 Å². The summed E-state index contributed by atoms with van der Waals surface area (Å²) in [5.41, 5.74) is 1.98. The Kier molecular flexibility index (Phi) is 5.48. The zero-order chi connectivity index (χ0) is 21.8. The number of carbonyl (C=O) groups excluding carboxylic acids is 1. The van der Waals surface area contributed by atoms with Crippen LogP contribution in [0.25, 0.3) is 22.3 Å². The topological polar surface area (TPSA) is 118 Å². The number of rotatable bonds is 6. The number of hydrogen-bond donors (Lipinski definition) is 3. The second kappa shape index (κ2) is 8.39. The number of pyridine rings is 1. The highest BCUT2D eigenvalue weighted by atomic mass is 16.5. The van der Waals surface area contributed by atoms with Crippen molar-refractivity contribution in [3.8, 4) is 17.1 Å². The van der Waals surface area contributed by atoms with Crippen LogP contribution in [0.3, 0.4) is 0 Å². The normalized spacial score (nSPS) is 11.3. The van der Waals surface area contributed by atoms with Crippen molar-refractivity contribution in [2.45, 2.75) is 26.3 Å². The number of nitrogens with one attached hydrogen (secondary N) is 3. The number of amides is 1. The lowest BCUT2D eigenvalue weighted by Crippen LogP contribution is -2.43. The van der Waals surface area contributed by atoms with E-state index in [4.69, 9.17) is 9.72 Å². The van der Waals surface area contributed by atoms with E-state index < -0.39 is 0 Å². The summed E-state index contributed by atoms with van der Waals surface area (Å²) in [6.07, 6.45) is 6.81. The van der Waals surface area contributed by atoms with E-state index in [0.717, 1.165) is 22.2 Å². The number of fused-ring (bicyclic) bond motifs is 1. The Morgan fingerprint density at radius 1 is 1.16 bits per heavy atom. The van der Waals surface area contributed by atoms with Gasteiger partial charge in [-0.05, 0) is 39.0 Å². The van der Waals surface area contributed by atoms with E-state index in [1.54, 1.807) is 30.9 Å². The summed E-state index contributed by atoms with van der Waals surface area (Å²) < 4.78 is 5.67. The molecule has 1 amide bonds. The lowest BCUT2D eigenvalue weighted by molar-refractivity contribution is -0.124. The fraction of sp³-hybridized carbons (Fsp3) is 0.227. The monoisotopic (exact) mass is 417 g/mol. The molecule has 9 heteroatoms. The molecule has 0 aliphatic rings. The number of aromatic amines is 1. The first-order valence-electron chi connectivity index (χ1n) is 9.79. The number of carbonyl (C=O) groups is 1. The number of ether oxygens (including phenoxy) is 1. The third-order valence-electron chi connectivity index (χ3n) is 4.23. The van der Waals surface area contributed by atoms with E-state index in [2.05, 4.69) is 30.8 Å². The van der Waals surface area contributed by atoms with Crippen LogP contribution in [0.2, 0.25) is 0 Å². The van der Waals surface area contributed by atoms with Crippen LogP contribution >= 0.6 is 0 Å². The minimum atomic E-state index is -0.311. The first kappa shape index (κ1) is 20.3. The van der Waals surface area contributed by atoms with Crippen LogP contribution < -0.4 is 15.4 Å². The van der Waals surface area contributed by atoms with Gasteiger partial charge in [-0.3, -0.25) is 14.9 Å². The van der Waals surface area contributed by atoms with Gasteiger partial charge < -0.3 is 15.4 Å². The van der Waals surface area contributed by atoms with Crippen LogP contribution in [0.15, 0.2) is 55.1 Å². The van der Waals surface area contributed by atoms with Gasteiger partial charge in [0.2, 0.25) is 0 Å². The average Bonchev–Trinajstić information content (AvgIpc) is 3.24. The summed E-state index contributed by atoms with van der Waals surface area (Å²) in [6.45, 7) is 5.70. The van der Waals surface area contributed by atoms with Gasteiger partial charge in [-0.1, -0.05) is 12.1 Å². The molecule has 0 bridgehead atoms. The van der Waals surface area contributed by atoms with E-state index in [-0.39, 0.29) is 18.1 Å². The molecule has 0 atom stereocenters. The van der Waals surface area contributed by atoms with Crippen molar-refractivity contribution in [1.29, 1.82) is 0 Å². The minimum Gasteiger partial charge on any atom is -0.484 e. The van der Waals surface area contributed by atoms with Gasteiger partial charge in [0, 0.05) is 29.7 Å². The molecule has 3 N–H and O–H groups in total. The van der Waals surface area contributed by atoms with Gasteiger partial charge in [0.25, 0.3) is 5.91 Å². The first-order valence-corrected chi connectivity index (χ1v) is 9.79. The molecule has 3 heterocycles. The van der Waals surface area contributed by atoms with Crippen molar-refractivity contribution in [3.05, 3.63) is 55.1 Å². The van der Waals surface area contributed by atoms with Gasteiger partial charge in [-0.15, -0.1) is 0 Å². The molecule has 0 aliphatic heterocycles. The van der Waals surface area contributed by atoms with Crippen LogP contribution in [-0.2, 0) is 4.79 Å². The van der Waals surface area contributed by atoms with Crippen molar-refractivity contribution in [2.75, 3.05) is 11.9 Å². The zero-order valence-electron chi connectivity index (χ0n) is 17.5. The van der Waals surface area contributed by atoms with Gasteiger partial charge in [0.1, 0.15) is 11.6 Å². The molecule has 4 rings (SSSR count). The summed E-state index contributed by atoms with van der Waals surface area (Å²) >= 11 is 0. The molecule has 9 nitrogen and oxygen atoms in total. The van der Waals surface area contributed by atoms with Crippen LogP contribution in [0, 0.1) is 0 Å². The van der Waals surface area contributed by atoms with E-state index in [0.29, 0.717) is 17.4 Å². The summed E-state index contributed by atoms with van der Waals surface area (Å²) in [4.78, 5) is 25.6. The van der Waals surface area contributed by atoms with Crippen molar-refractivity contribution >= 4 is 28.3 Å². The smallest absolute Gasteiger partial charge is 0.258 e. The van der Waals surface area contributed by atoms with E-state index in [9.17, 15) is 4.79 Å². The van der Waals surface area contributed by atoms with Crippen LogP contribution in [0.5, 0.6) is 5.75 Å². The maximum Gasteiger partial charge on any atom is 0.258 e. The highest BCUT2D eigenvalue weighted by molar-refractivity contribution is 5.91. The predicted molar refractivity (Wildman–Crippen MR) is 118 cm³/mol. The van der Waals surface area contributed by atoms with Crippen molar-refractivity contribution < 1.29 is 9.53 Å². The number of nitrogens with zero attached hydrogens (tertiary/aromatic N) is 4. The number of aromatic nitrogens is 5. The first-order chi connectivity index (χ1) is 14.9. The van der Waals surface area contributed by atoms with Gasteiger partial charge >= 0.3 is 0 Å². The maximum absolute atomic E-state index is 12.0. The second-order valence-electron chi connectivity index (χ2n) is 8.02. The standard InChI is InChI=1S/C22H23N7O2/c1-22(2,3)29-19(30)13-31-16-6-4-5-14(9-16)20-27-18-7-8-23-12-17(18)21(28-20)26-15-10-24-25-11-15/h4-12H,13H2,1-3H3,(H,24,25)(H,29,30)(H,26,27,28). The summed E-state index contributed by atoms with van der Waals surface area (Å²) in [5, 5.41) is 13.6. The molecule has 1 aromatic carbocycles. The molecule has 0 fully saturated rings. The molecule has 0 radical (unpaired) electrons. The Bertz CT molecular complexity index is 1200. The number of H-pyrrole nitrogens is 1. The van der Waals surface area contributed by atoms with Crippen LogP contribution in [0.1, 0.15) is 20.8 Å². The molecular formula is C22H23N7O2. The largest absolute Gasteiger partial charge is 0.484 e. The molecule has 3 aromatic heterocycles. The Hall–Kier alpha value is -4.01. The molecule has 0 saturated carbocycles.